The van der Waals surface area contributed by atoms with Crippen molar-refractivity contribution in [2.45, 2.75) is 50.0 Å². The Hall–Kier alpha value is -2.42. The molecular formula is C15H27N5O8S. The van der Waals surface area contributed by atoms with Crippen molar-refractivity contribution in [1.29, 1.82) is 0 Å². The molecule has 0 aliphatic carbocycles. The van der Waals surface area contributed by atoms with Gasteiger partial charge in [0.2, 0.25) is 23.6 Å². The number of nitrogens with one attached hydrogen (secondary N) is 3. The molecule has 0 saturated heterocycles. The number of carbonyl (C=O) groups excluding carboxylic acids is 4. The van der Waals surface area contributed by atoms with Gasteiger partial charge < -0.3 is 42.7 Å². The minimum absolute atomic E-state index is 0.194. The van der Waals surface area contributed by atoms with Gasteiger partial charge in [0, 0.05) is 12.2 Å². The SMILES string of the molecule is CC(O)C(NC(=O)C(CS)NC(=O)C(N)CO)C(=O)NC(CCC(N)=O)C(=O)O. The fourth-order valence-corrected chi connectivity index (χ4v) is 2.28. The molecule has 0 aliphatic rings. The number of hydrogen-bond donors (Lipinski definition) is 9. The number of carbonyl (C=O) groups is 5. The second-order valence-corrected chi connectivity index (χ2v) is 6.53. The Morgan fingerprint density at radius 2 is 1.55 bits per heavy atom. The average molecular weight is 437 g/mol. The Bertz CT molecular complexity index is 618. The number of aliphatic carboxylic acids is 1. The van der Waals surface area contributed by atoms with Gasteiger partial charge in [0.05, 0.1) is 12.7 Å². The van der Waals surface area contributed by atoms with Crippen molar-refractivity contribution in [3.05, 3.63) is 0 Å². The zero-order chi connectivity index (χ0) is 22.7. The standard InChI is InChI=1S/C15H27N5O8S/c1-6(22)11(14(26)18-8(15(27)28)2-3-10(17)23)20-13(25)9(5-29)19-12(24)7(16)4-21/h6-9,11,21-22,29H,2-5,16H2,1H3,(H2,17,23)(H,18,26)(H,19,24)(H,20,25)(H,27,28). The molecule has 166 valence electrons. The van der Waals surface area contributed by atoms with Crippen LogP contribution in [0.25, 0.3) is 0 Å². The molecule has 0 heterocycles. The summed E-state index contributed by atoms with van der Waals surface area (Å²) in [7, 11) is 0. The van der Waals surface area contributed by atoms with Gasteiger partial charge in [-0.05, 0) is 13.3 Å². The van der Waals surface area contributed by atoms with E-state index in [1.807, 2.05) is 0 Å². The van der Waals surface area contributed by atoms with Gasteiger partial charge in [-0.1, -0.05) is 0 Å². The third-order valence-electron chi connectivity index (χ3n) is 3.71. The van der Waals surface area contributed by atoms with Crippen LogP contribution in [0.5, 0.6) is 0 Å². The Morgan fingerprint density at radius 3 is 1.97 bits per heavy atom. The number of aliphatic hydroxyl groups excluding tert-OH is 2. The predicted octanol–water partition coefficient (Wildman–Crippen LogP) is -4.58. The molecule has 0 rings (SSSR count). The summed E-state index contributed by atoms with van der Waals surface area (Å²) in [6, 6.07) is -5.56. The molecule has 0 spiro atoms. The van der Waals surface area contributed by atoms with Crippen molar-refractivity contribution in [3.8, 4) is 0 Å². The molecule has 0 aliphatic heterocycles. The highest BCUT2D eigenvalue weighted by Crippen LogP contribution is 2.02. The number of carboxylic acid groups (broad SMARTS) is 1. The molecule has 0 fully saturated rings. The van der Waals surface area contributed by atoms with Crippen LogP contribution in [0, 0.1) is 0 Å². The van der Waals surface area contributed by atoms with Crippen LogP contribution in [-0.4, -0.2) is 87.5 Å². The second kappa shape index (κ2) is 12.9. The lowest BCUT2D eigenvalue weighted by Crippen LogP contribution is -2.60. The Labute approximate surface area is 172 Å². The number of nitrogens with two attached hydrogens (primary N) is 2. The second-order valence-electron chi connectivity index (χ2n) is 6.16. The lowest BCUT2D eigenvalue weighted by Gasteiger charge is -2.25. The molecule has 10 N–H and O–H groups in total. The van der Waals surface area contributed by atoms with Crippen LogP contribution in [-0.2, 0) is 24.0 Å². The number of aliphatic hydroxyl groups is 2. The van der Waals surface area contributed by atoms with Crippen LogP contribution in [0.1, 0.15) is 19.8 Å². The summed E-state index contributed by atoms with van der Waals surface area (Å²) in [4.78, 5) is 58.4. The zero-order valence-corrected chi connectivity index (χ0v) is 16.6. The molecule has 29 heavy (non-hydrogen) atoms. The Kier molecular flexibility index (Phi) is 11.8. The molecular weight excluding hydrogens is 410 g/mol. The van der Waals surface area contributed by atoms with Crippen molar-refractivity contribution < 1.29 is 39.3 Å². The highest BCUT2D eigenvalue weighted by Gasteiger charge is 2.32. The summed E-state index contributed by atoms with van der Waals surface area (Å²) in [5.41, 5.74) is 10.3. The van der Waals surface area contributed by atoms with Gasteiger partial charge in [-0.25, -0.2) is 4.79 Å². The third-order valence-corrected chi connectivity index (χ3v) is 4.07. The summed E-state index contributed by atoms with van der Waals surface area (Å²) in [6.45, 7) is 0.521. The topological polar surface area (TPSA) is 234 Å². The Balaban J connectivity index is 5.16. The minimum atomic E-state index is -1.57. The molecule has 0 aromatic rings. The van der Waals surface area contributed by atoms with E-state index in [0.29, 0.717) is 0 Å². The summed E-state index contributed by atoms with van der Waals surface area (Å²) < 4.78 is 0. The third kappa shape index (κ3) is 9.56. The van der Waals surface area contributed by atoms with Gasteiger partial charge in [-0.2, -0.15) is 12.6 Å². The van der Waals surface area contributed by atoms with Crippen LogP contribution in [0.2, 0.25) is 0 Å². The number of primary amides is 1. The highest BCUT2D eigenvalue weighted by molar-refractivity contribution is 7.80. The molecule has 5 atom stereocenters. The molecule has 0 aromatic carbocycles. The van der Waals surface area contributed by atoms with E-state index in [-0.39, 0.29) is 18.6 Å². The number of amides is 4. The van der Waals surface area contributed by atoms with Crippen molar-refractivity contribution in [3.63, 3.8) is 0 Å². The summed E-state index contributed by atoms with van der Waals surface area (Å²) >= 11 is 3.92. The van der Waals surface area contributed by atoms with E-state index in [0.717, 1.165) is 0 Å². The fraction of sp³-hybridized carbons (Fsp3) is 0.667. The molecule has 4 amide bonds. The lowest BCUT2D eigenvalue weighted by molar-refractivity contribution is -0.143. The molecule has 5 unspecified atom stereocenters. The van der Waals surface area contributed by atoms with E-state index in [4.69, 9.17) is 21.7 Å². The molecule has 13 nitrogen and oxygen atoms in total. The first-order chi connectivity index (χ1) is 13.4. The van der Waals surface area contributed by atoms with E-state index in [1.165, 1.54) is 6.92 Å². The molecule has 0 bridgehead atoms. The number of rotatable bonds is 13. The van der Waals surface area contributed by atoms with Crippen LogP contribution in [0.3, 0.4) is 0 Å². The predicted molar refractivity (Wildman–Crippen MR) is 102 cm³/mol. The molecule has 0 saturated carbocycles. The van der Waals surface area contributed by atoms with Gasteiger partial charge in [0.25, 0.3) is 0 Å². The van der Waals surface area contributed by atoms with Crippen LogP contribution < -0.4 is 27.4 Å². The van der Waals surface area contributed by atoms with E-state index in [9.17, 15) is 29.1 Å². The lowest BCUT2D eigenvalue weighted by atomic mass is 10.1. The molecule has 0 aromatic heterocycles. The Morgan fingerprint density at radius 1 is 1.00 bits per heavy atom. The first-order valence-electron chi connectivity index (χ1n) is 8.52. The maximum absolute atomic E-state index is 12.3. The molecule has 14 heteroatoms. The maximum atomic E-state index is 12.3. The van der Waals surface area contributed by atoms with Gasteiger partial charge in [-0.3, -0.25) is 19.2 Å². The summed E-state index contributed by atoms with van der Waals surface area (Å²) in [5, 5.41) is 34.3. The number of hydrogen-bond acceptors (Lipinski definition) is 9. The van der Waals surface area contributed by atoms with Crippen LogP contribution in [0.15, 0.2) is 0 Å². The van der Waals surface area contributed by atoms with Gasteiger partial charge >= 0.3 is 5.97 Å². The molecule has 0 radical (unpaired) electrons. The first-order valence-corrected chi connectivity index (χ1v) is 9.15. The zero-order valence-electron chi connectivity index (χ0n) is 15.7. The van der Waals surface area contributed by atoms with E-state index in [1.54, 1.807) is 0 Å². The summed E-state index contributed by atoms with van der Waals surface area (Å²) in [6.07, 6.45) is -2.02. The van der Waals surface area contributed by atoms with Gasteiger partial charge in [0.1, 0.15) is 24.2 Å². The fourth-order valence-electron chi connectivity index (χ4n) is 2.02. The van der Waals surface area contributed by atoms with Gasteiger partial charge in [0.15, 0.2) is 0 Å². The largest absolute Gasteiger partial charge is 0.480 e. The number of carboxylic acids is 1. The van der Waals surface area contributed by atoms with Crippen LogP contribution >= 0.6 is 12.6 Å². The first kappa shape index (κ1) is 26.6. The van der Waals surface area contributed by atoms with Crippen LogP contribution in [0.4, 0.5) is 0 Å². The van der Waals surface area contributed by atoms with Crippen molar-refractivity contribution >= 4 is 42.2 Å². The smallest absolute Gasteiger partial charge is 0.326 e. The maximum Gasteiger partial charge on any atom is 0.326 e. The minimum Gasteiger partial charge on any atom is -0.480 e. The van der Waals surface area contributed by atoms with E-state index in [2.05, 4.69) is 28.6 Å². The summed E-state index contributed by atoms with van der Waals surface area (Å²) in [5.74, 6) is -5.16. The van der Waals surface area contributed by atoms with E-state index >= 15 is 0 Å². The monoisotopic (exact) mass is 437 g/mol. The van der Waals surface area contributed by atoms with Gasteiger partial charge in [-0.15, -0.1) is 0 Å². The highest BCUT2D eigenvalue weighted by atomic mass is 32.1. The normalized spacial score (nSPS) is 15.9. The average Bonchev–Trinajstić information content (AvgIpc) is 2.65. The number of thiol groups is 1. The quantitative estimate of drug-likeness (QED) is 0.126. The van der Waals surface area contributed by atoms with Crippen molar-refractivity contribution in [2.24, 2.45) is 11.5 Å². The van der Waals surface area contributed by atoms with Crippen molar-refractivity contribution in [1.82, 2.24) is 16.0 Å². The van der Waals surface area contributed by atoms with E-state index < -0.39 is 66.5 Å². The van der Waals surface area contributed by atoms with Crippen molar-refractivity contribution in [2.75, 3.05) is 12.4 Å².